The molecule has 0 unspecified atom stereocenters. The minimum Gasteiger partial charge on any atom is -0.309 e. The van der Waals surface area contributed by atoms with E-state index in [0.29, 0.717) is 0 Å². The Morgan fingerprint density at radius 3 is 1.96 bits per heavy atom. The Hall–Kier alpha value is -5.81. The van der Waals surface area contributed by atoms with Gasteiger partial charge in [0.05, 0.1) is 21.3 Å². The molecule has 49 heavy (non-hydrogen) atoms. The Balaban J connectivity index is 1.11. The zero-order valence-electron chi connectivity index (χ0n) is 26.2. The van der Waals surface area contributed by atoms with E-state index in [9.17, 15) is 0 Å². The van der Waals surface area contributed by atoms with Crippen molar-refractivity contribution in [1.82, 2.24) is 9.55 Å². The number of thiazole rings is 1. The van der Waals surface area contributed by atoms with Crippen molar-refractivity contribution < 1.29 is 0 Å². The van der Waals surface area contributed by atoms with Gasteiger partial charge in [-0.2, -0.15) is 0 Å². The van der Waals surface area contributed by atoms with Crippen molar-refractivity contribution in [2.24, 2.45) is 0 Å². The summed E-state index contributed by atoms with van der Waals surface area (Å²) < 4.78 is 6.28. The van der Waals surface area contributed by atoms with Gasteiger partial charge in [0.25, 0.3) is 0 Å². The van der Waals surface area contributed by atoms with Crippen molar-refractivity contribution in [2.75, 3.05) is 0 Å². The van der Waals surface area contributed by atoms with Crippen LogP contribution in [0.4, 0.5) is 0 Å². The van der Waals surface area contributed by atoms with E-state index < -0.39 is 0 Å². The fourth-order valence-electron chi connectivity index (χ4n) is 7.66. The normalized spacial score (nSPS) is 12.1. The zero-order chi connectivity index (χ0) is 32.1. The van der Waals surface area contributed by atoms with Crippen LogP contribution < -0.4 is 0 Å². The molecule has 0 aliphatic heterocycles. The maximum absolute atomic E-state index is 5.42. The Bertz CT molecular complexity index is 3100. The van der Waals surface area contributed by atoms with Gasteiger partial charge >= 0.3 is 0 Å². The number of aromatic nitrogens is 2. The van der Waals surface area contributed by atoms with Crippen LogP contribution in [0.5, 0.6) is 0 Å². The molecule has 0 saturated heterocycles. The molecule has 4 heteroatoms. The van der Waals surface area contributed by atoms with Crippen LogP contribution in [-0.2, 0) is 0 Å². The van der Waals surface area contributed by atoms with E-state index in [2.05, 4.69) is 162 Å². The summed E-state index contributed by atoms with van der Waals surface area (Å²) >= 11 is 3.68. The molecule has 0 saturated carbocycles. The first-order valence-electron chi connectivity index (χ1n) is 16.5. The van der Waals surface area contributed by atoms with Gasteiger partial charge in [-0.3, -0.25) is 0 Å². The summed E-state index contributed by atoms with van der Waals surface area (Å²) in [5.41, 5.74) is 8.18. The highest BCUT2D eigenvalue weighted by Crippen LogP contribution is 2.46. The second-order valence-electron chi connectivity index (χ2n) is 12.8. The summed E-state index contributed by atoms with van der Waals surface area (Å²) in [5.74, 6) is 0. The summed E-state index contributed by atoms with van der Waals surface area (Å²) in [7, 11) is 0. The third-order valence-electron chi connectivity index (χ3n) is 9.98. The Morgan fingerprint density at radius 1 is 0.449 bits per heavy atom. The van der Waals surface area contributed by atoms with E-state index in [1.165, 1.54) is 79.3 Å². The fraction of sp³-hybridized carbons (Fsp3) is 0. The SMILES string of the molecule is c1ccc2cc(-c3cc4sc5ccccc5c4c4sc(-c5ccc(-n6c7ccccc7c7cc8ccccc8cc76)cc5)nc34)ccc2c1. The van der Waals surface area contributed by atoms with Crippen LogP contribution in [0, 0.1) is 0 Å². The monoisotopic (exact) mass is 658 g/mol. The molecule has 3 heterocycles. The summed E-state index contributed by atoms with van der Waals surface area (Å²) in [6, 6.07) is 57.5. The molecule has 11 rings (SSSR count). The molecule has 228 valence electrons. The second-order valence-corrected chi connectivity index (χ2v) is 14.9. The van der Waals surface area contributed by atoms with Crippen LogP contribution in [-0.4, -0.2) is 9.55 Å². The molecule has 0 aliphatic carbocycles. The van der Waals surface area contributed by atoms with Crippen LogP contribution in [0.2, 0.25) is 0 Å². The lowest BCUT2D eigenvalue weighted by Crippen LogP contribution is -1.93. The van der Waals surface area contributed by atoms with E-state index >= 15 is 0 Å². The largest absolute Gasteiger partial charge is 0.309 e. The first-order valence-corrected chi connectivity index (χ1v) is 18.2. The van der Waals surface area contributed by atoms with Gasteiger partial charge in [-0.25, -0.2) is 4.98 Å². The molecule has 0 amide bonds. The van der Waals surface area contributed by atoms with Gasteiger partial charge in [0.15, 0.2) is 0 Å². The molecule has 2 nitrogen and oxygen atoms in total. The van der Waals surface area contributed by atoms with Crippen LogP contribution in [0.1, 0.15) is 0 Å². The van der Waals surface area contributed by atoms with Gasteiger partial charge in [-0.1, -0.05) is 97.1 Å². The van der Waals surface area contributed by atoms with E-state index in [-0.39, 0.29) is 0 Å². The minimum absolute atomic E-state index is 1.04. The van der Waals surface area contributed by atoms with Crippen molar-refractivity contribution in [3.05, 3.63) is 158 Å². The van der Waals surface area contributed by atoms with Crippen LogP contribution >= 0.6 is 22.7 Å². The topological polar surface area (TPSA) is 17.8 Å². The standard InChI is InChI=1S/C45H26N2S2/c1-2-10-29-23-32(18-17-27(29)9-1)36-26-41-42(35-14-6-8-16-40(35)48-41)44-43(36)46-45(49-44)28-19-21-33(22-20-28)47-38-15-7-5-13-34(38)37-24-30-11-3-4-12-31(30)25-39(37)47/h1-26H. The number of rotatable bonds is 3. The van der Waals surface area contributed by atoms with E-state index in [0.717, 1.165) is 21.8 Å². The minimum atomic E-state index is 1.04. The van der Waals surface area contributed by atoms with Crippen molar-refractivity contribution >= 4 is 96.4 Å². The summed E-state index contributed by atoms with van der Waals surface area (Å²) in [4.78, 5) is 5.42. The average molecular weight is 659 g/mol. The number of fused-ring (bicyclic) bond motifs is 10. The third-order valence-corrected chi connectivity index (χ3v) is 12.2. The molecule has 0 aliphatic rings. The van der Waals surface area contributed by atoms with Crippen molar-refractivity contribution in [3.8, 4) is 27.4 Å². The van der Waals surface area contributed by atoms with E-state index in [1.807, 2.05) is 22.7 Å². The van der Waals surface area contributed by atoms with Gasteiger partial charge in [0.1, 0.15) is 5.01 Å². The predicted octanol–water partition coefficient (Wildman–Crippen LogP) is 13.4. The fourth-order valence-corrected chi connectivity index (χ4v) is 10.0. The molecule has 8 aromatic carbocycles. The van der Waals surface area contributed by atoms with Crippen molar-refractivity contribution in [2.45, 2.75) is 0 Å². The number of hydrogen-bond donors (Lipinski definition) is 0. The summed E-state index contributed by atoms with van der Waals surface area (Å²) in [6.45, 7) is 0. The first-order chi connectivity index (χ1) is 24.3. The summed E-state index contributed by atoms with van der Waals surface area (Å²) in [5, 5.41) is 11.2. The lowest BCUT2D eigenvalue weighted by molar-refractivity contribution is 1.18. The number of benzene rings is 8. The molecule has 11 aromatic rings. The molecule has 0 fully saturated rings. The maximum Gasteiger partial charge on any atom is 0.124 e. The lowest BCUT2D eigenvalue weighted by atomic mass is 9.99. The van der Waals surface area contributed by atoms with Gasteiger partial charge in [-0.15, -0.1) is 22.7 Å². The second kappa shape index (κ2) is 10.3. The number of para-hydroxylation sites is 1. The maximum atomic E-state index is 5.42. The quantitative estimate of drug-likeness (QED) is 0.185. The van der Waals surface area contributed by atoms with Crippen LogP contribution in [0.25, 0.3) is 101 Å². The highest BCUT2D eigenvalue weighted by atomic mass is 32.1. The highest BCUT2D eigenvalue weighted by molar-refractivity contribution is 7.28. The van der Waals surface area contributed by atoms with E-state index in [1.54, 1.807) is 0 Å². The lowest BCUT2D eigenvalue weighted by Gasteiger charge is -2.09. The molecule has 0 atom stereocenters. The van der Waals surface area contributed by atoms with Crippen molar-refractivity contribution in [3.63, 3.8) is 0 Å². The Morgan fingerprint density at radius 2 is 1.12 bits per heavy atom. The van der Waals surface area contributed by atoms with Crippen molar-refractivity contribution in [1.29, 1.82) is 0 Å². The average Bonchev–Trinajstić information content (AvgIpc) is 3.85. The Kier molecular flexibility index (Phi) is 5.74. The zero-order valence-corrected chi connectivity index (χ0v) is 27.9. The van der Waals surface area contributed by atoms with Gasteiger partial charge in [0.2, 0.25) is 0 Å². The number of hydrogen-bond acceptors (Lipinski definition) is 3. The third kappa shape index (κ3) is 4.08. The smallest absolute Gasteiger partial charge is 0.124 e. The number of thiophene rings is 1. The molecular weight excluding hydrogens is 633 g/mol. The predicted molar refractivity (Wildman–Crippen MR) is 213 cm³/mol. The summed E-state index contributed by atoms with van der Waals surface area (Å²) in [6.07, 6.45) is 0. The van der Waals surface area contributed by atoms with Gasteiger partial charge in [-0.05, 0) is 87.8 Å². The first kappa shape index (κ1) is 27.2. The highest BCUT2D eigenvalue weighted by Gasteiger charge is 2.19. The molecular formula is C45H26N2S2. The molecule has 0 bridgehead atoms. The molecule has 0 radical (unpaired) electrons. The molecule has 0 N–H and O–H groups in total. The van der Waals surface area contributed by atoms with Gasteiger partial charge < -0.3 is 4.57 Å². The molecule has 0 spiro atoms. The Labute approximate surface area is 289 Å². The van der Waals surface area contributed by atoms with Crippen LogP contribution in [0.15, 0.2) is 158 Å². The number of nitrogens with zero attached hydrogens (tertiary/aromatic N) is 2. The van der Waals surface area contributed by atoms with Gasteiger partial charge in [0, 0.05) is 47.8 Å². The molecule has 3 aromatic heterocycles. The van der Waals surface area contributed by atoms with Crippen LogP contribution in [0.3, 0.4) is 0 Å². The van der Waals surface area contributed by atoms with E-state index in [4.69, 9.17) is 4.98 Å².